The van der Waals surface area contributed by atoms with Gasteiger partial charge in [-0.1, -0.05) is 45.0 Å². The number of anilines is 1. The number of aromatic nitrogens is 3. The Kier molecular flexibility index (Phi) is 6.26. The van der Waals surface area contributed by atoms with Gasteiger partial charge in [-0.15, -0.1) is 0 Å². The zero-order valence-electron chi connectivity index (χ0n) is 19.1. The Morgan fingerprint density at radius 2 is 1.94 bits per heavy atom. The van der Waals surface area contributed by atoms with Crippen LogP contribution in [0.25, 0.3) is 5.65 Å². The molecule has 1 amide bonds. The molecule has 1 aliphatic heterocycles. The lowest BCUT2D eigenvalue weighted by Crippen LogP contribution is -2.27. The van der Waals surface area contributed by atoms with Crippen molar-refractivity contribution in [1.29, 1.82) is 0 Å². The van der Waals surface area contributed by atoms with Crippen molar-refractivity contribution in [1.82, 2.24) is 19.5 Å². The van der Waals surface area contributed by atoms with Gasteiger partial charge in [-0.3, -0.25) is 9.59 Å². The van der Waals surface area contributed by atoms with Gasteiger partial charge in [-0.25, -0.2) is 4.98 Å². The molecule has 0 atom stereocenters. The van der Waals surface area contributed by atoms with Gasteiger partial charge in [0, 0.05) is 43.8 Å². The third-order valence-electron chi connectivity index (χ3n) is 5.91. The summed E-state index contributed by atoms with van der Waals surface area (Å²) in [6.07, 6.45) is 4.41. The predicted octanol–water partition coefficient (Wildman–Crippen LogP) is 3.88. The van der Waals surface area contributed by atoms with E-state index in [4.69, 9.17) is 0 Å². The molecule has 0 radical (unpaired) electrons. The lowest BCUT2D eigenvalue weighted by Gasteiger charge is -2.19. The monoisotopic (exact) mass is 433 g/mol. The largest absolute Gasteiger partial charge is 0.370 e. The number of carbonyl (C=O) groups excluding carboxylic acids is 2. The van der Waals surface area contributed by atoms with Gasteiger partial charge < -0.3 is 10.2 Å². The molecule has 2 aromatic heterocycles. The number of hydrogen-bond acceptors (Lipinski definition) is 5. The first-order chi connectivity index (χ1) is 15.3. The van der Waals surface area contributed by atoms with Crippen molar-refractivity contribution >= 4 is 23.2 Å². The summed E-state index contributed by atoms with van der Waals surface area (Å²) in [6.45, 7) is 8.81. The van der Waals surface area contributed by atoms with Gasteiger partial charge in [0.25, 0.3) is 0 Å². The number of nitrogens with zero attached hydrogens (tertiary/aromatic N) is 4. The number of ketones is 1. The van der Waals surface area contributed by atoms with Crippen molar-refractivity contribution in [2.45, 2.75) is 51.9 Å². The van der Waals surface area contributed by atoms with E-state index in [2.05, 4.69) is 36.2 Å². The van der Waals surface area contributed by atoms with Gasteiger partial charge in [0.1, 0.15) is 5.82 Å². The summed E-state index contributed by atoms with van der Waals surface area (Å²) in [5.41, 5.74) is 3.36. The maximum absolute atomic E-state index is 12.9. The second-order valence-electron chi connectivity index (χ2n) is 9.43. The third kappa shape index (κ3) is 4.98. The van der Waals surface area contributed by atoms with Crippen LogP contribution in [0.5, 0.6) is 0 Å². The summed E-state index contributed by atoms with van der Waals surface area (Å²) in [4.78, 5) is 31.2. The first-order valence-corrected chi connectivity index (χ1v) is 11.3. The van der Waals surface area contributed by atoms with Crippen LogP contribution in [0.2, 0.25) is 0 Å². The first-order valence-electron chi connectivity index (χ1n) is 11.3. The zero-order valence-corrected chi connectivity index (χ0v) is 19.1. The quantitative estimate of drug-likeness (QED) is 0.431. The minimum absolute atomic E-state index is 0.0420. The molecular formula is C25H31N5O2. The number of carbonyl (C=O) groups is 2. The number of nitrogens with one attached hydrogen (secondary N) is 1. The van der Waals surface area contributed by atoms with E-state index in [0.29, 0.717) is 29.9 Å². The normalized spacial score (nSPS) is 14.3. The van der Waals surface area contributed by atoms with E-state index in [1.165, 1.54) is 5.56 Å². The number of hydrogen-bond donors (Lipinski definition) is 1. The molecule has 0 bridgehead atoms. The Bertz CT molecular complexity index is 1110. The Morgan fingerprint density at radius 1 is 1.16 bits per heavy atom. The summed E-state index contributed by atoms with van der Waals surface area (Å²) >= 11 is 0. The molecule has 3 aromatic rings. The molecule has 1 saturated heterocycles. The summed E-state index contributed by atoms with van der Waals surface area (Å²) < 4.78 is 1.74. The van der Waals surface area contributed by atoms with E-state index >= 15 is 0 Å². The van der Waals surface area contributed by atoms with Crippen LogP contribution in [0.4, 0.5) is 5.82 Å². The van der Waals surface area contributed by atoms with Gasteiger partial charge in [0.2, 0.25) is 5.91 Å². The molecular weight excluding hydrogens is 402 g/mol. The van der Waals surface area contributed by atoms with Gasteiger partial charge >= 0.3 is 0 Å². The van der Waals surface area contributed by atoms with E-state index < -0.39 is 0 Å². The summed E-state index contributed by atoms with van der Waals surface area (Å²) in [5, 5.41) is 7.74. The molecule has 7 heteroatoms. The minimum Gasteiger partial charge on any atom is -0.370 e. The average molecular weight is 434 g/mol. The Morgan fingerprint density at radius 3 is 2.62 bits per heavy atom. The molecule has 7 nitrogen and oxygen atoms in total. The highest BCUT2D eigenvalue weighted by atomic mass is 16.2. The Labute approximate surface area is 188 Å². The van der Waals surface area contributed by atoms with E-state index in [0.717, 1.165) is 31.7 Å². The first kappa shape index (κ1) is 22.0. The lowest BCUT2D eigenvalue weighted by atomic mass is 9.86. The summed E-state index contributed by atoms with van der Waals surface area (Å²) in [7, 11) is 0. The SMILES string of the molecule is CC(C)(C)c1ccc(C(=O)Cc2cc(NCCCN3CCCC3=O)n3nccc3n2)cc1. The van der Waals surface area contributed by atoms with Crippen LogP contribution < -0.4 is 5.32 Å². The second-order valence-corrected chi connectivity index (χ2v) is 9.43. The molecule has 4 rings (SSSR count). The molecule has 1 aliphatic rings. The zero-order chi connectivity index (χ0) is 22.7. The summed E-state index contributed by atoms with van der Waals surface area (Å²) in [5.74, 6) is 1.10. The second kappa shape index (κ2) is 9.10. The highest BCUT2D eigenvalue weighted by Gasteiger charge is 2.19. The van der Waals surface area contributed by atoms with E-state index in [-0.39, 0.29) is 23.5 Å². The molecule has 1 N–H and O–H groups in total. The molecule has 1 fully saturated rings. The predicted molar refractivity (Wildman–Crippen MR) is 125 cm³/mol. The van der Waals surface area contributed by atoms with Crippen molar-refractivity contribution in [2.24, 2.45) is 0 Å². The van der Waals surface area contributed by atoms with Gasteiger partial charge in [-0.2, -0.15) is 9.61 Å². The van der Waals surface area contributed by atoms with Crippen LogP contribution in [0.15, 0.2) is 42.6 Å². The lowest BCUT2D eigenvalue weighted by molar-refractivity contribution is -0.127. The van der Waals surface area contributed by atoms with E-state index in [9.17, 15) is 9.59 Å². The van der Waals surface area contributed by atoms with Crippen LogP contribution in [0.3, 0.4) is 0 Å². The fourth-order valence-electron chi connectivity index (χ4n) is 4.03. The molecule has 168 valence electrons. The molecule has 1 aromatic carbocycles. The highest BCUT2D eigenvalue weighted by Crippen LogP contribution is 2.23. The van der Waals surface area contributed by atoms with Gasteiger partial charge in [-0.05, 0) is 23.8 Å². The number of Topliss-reactive ketones (excluding diaryl/α,β-unsaturated/α-hetero) is 1. The molecule has 0 unspecified atom stereocenters. The fraction of sp³-hybridized carbons (Fsp3) is 0.440. The van der Waals surface area contributed by atoms with Crippen LogP contribution in [-0.4, -0.2) is 50.8 Å². The van der Waals surface area contributed by atoms with Crippen molar-refractivity contribution in [3.8, 4) is 0 Å². The number of rotatable bonds is 8. The highest BCUT2D eigenvalue weighted by molar-refractivity contribution is 5.97. The molecule has 3 heterocycles. The number of benzene rings is 1. The maximum atomic E-state index is 12.9. The van der Waals surface area contributed by atoms with Crippen LogP contribution in [0.1, 0.15) is 61.6 Å². The summed E-state index contributed by atoms with van der Waals surface area (Å²) in [6, 6.07) is 11.6. The van der Waals surface area contributed by atoms with Gasteiger partial charge in [0.05, 0.1) is 18.3 Å². The van der Waals surface area contributed by atoms with E-state index in [1.807, 2.05) is 41.3 Å². The van der Waals surface area contributed by atoms with Crippen molar-refractivity contribution in [2.75, 3.05) is 25.0 Å². The van der Waals surface area contributed by atoms with Crippen LogP contribution in [0, 0.1) is 0 Å². The standard InChI is InChI=1S/C25H31N5O2/c1-25(2,3)19-9-7-18(8-10-19)21(31)16-20-17-23(30-22(28-20)11-13-27-30)26-12-5-15-29-14-4-6-24(29)32/h7-11,13,17,26H,4-6,12,14-16H2,1-3H3. The Balaban J connectivity index is 1.42. The van der Waals surface area contributed by atoms with Crippen molar-refractivity contribution in [3.63, 3.8) is 0 Å². The van der Waals surface area contributed by atoms with Crippen LogP contribution in [-0.2, 0) is 16.6 Å². The smallest absolute Gasteiger partial charge is 0.222 e. The third-order valence-corrected chi connectivity index (χ3v) is 5.91. The molecule has 32 heavy (non-hydrogen) atoms. The topological polar surface area (TPSA) is 79.6 Å². The maximum Gasteiger partial charge on any atom is 0.222 e. The molecule has 0 aliphatic carbocycles. The molecule has 0 saturated carbocycles. The van der Waals surface area contributed by atoms with Crippen molar-refractivity contribution < 1.29 is 9.59 Å². The molecule has 0 spiro atoms. The number of amides is 1. The van der Waals surface area contributed by atoms with Crippen molar-refractivity contribution in [3.05, 3.63) is 59.4 Å². The number of likely N-dealkylation sites (tertiary alicyclic amines) is 1. The Hall–Kier alpha value is -3.22. The van der Waals surface area contributed by atoms with Gasteiger partial charge in [0.15, 0.2) is 11.4 Å². The fourth-order valence-corrected chi connectivity index (χ4v) is 4.03. The average Bonchev–Trinajstić information content (AvgIpc) is 3.39. The van der Waals surface area contributed by atoms with E-state index in [1.54, 1.807) is 10.7 Å². The number of fused-ring (bicyclic) bond motifs is 1. The van der Waals surface area contributed by atoms with Crippen LogP contribution >= 0.6 is 0 Å². The minimum atomic E-state index is 0.0420.